The fourth-order valence-electron chi connectivity index (χ4n) is 1.07. The van der Waals surface area contributed by atoms with Crippen LogP contribution in [-0.2, 0) is 6.42 Å². The van der Waals surface area contributed by atoms with E-state index in [1.54, 1.807) is 12.5 Å². The summed E-state index contributed by atoms with van der Waals surface area (Å²) in [5.41, 5.74) is 1.19. The maximum Gasteiger partial charge on any atom is 0.126 e. The Morgan fingerprint density at radius 2 is 2.42 bits per heavy atom. The molecule has 0 atom stereocenters. The number of rotatable bonds is 6. The average molecular weight is 168 g/mol. The maximum absolute atomic E-state index is 4.72. The molecule has 0 unspecified atom stereocenters. The second kappa shape index (κ2) is 5.77. The summed E-state index contributed by atoms with van der Waals surface area (Å²) >= 11 is 0. The Morgan fingerprint density at radius 3 is 3.08 bits per heavy atom. The van der Waals surface area contributed by atoms with Crippen molar-refractivity contribution in [3.63, 3.8) is 0 Å². The Kier molecular flexibility index (Phi) is 4.46. The highest BCUT2D eigenvalue weighted by Gasteiger charge is 1.94. The summed E-state index contributed by atoms with van der Waals surface area (Å²) in [6, 6.07) is 0. The highest BCUT2D eigenvalue weighted by Crippen LogP contribution is 1.99. The van der Waals surface area contributed by atoms with Gasteiger partial charge in [-0.1, -0.05) is 12.1 Å². The molecule has 1 aromatic rings. The molecule has 0 fully saturated rings. The van der Waals surface area contributed by atoms with E-state index in [9.17, 15) is 0 Å². The minimum Gasteiger partial charge on any atom is -0.364 e. The van der Waals surface area contributed by atoms with E-state index in [0.29, 0.717) is 0 Å². The lowest BCUT2D eigenvalue weighted by Crippen LogP contribution is -2.16. The molecule has 0 aliphatic carbocycles. The van der Waals surface area contributed by atoms with Crippen LogP contribution in [0.4, 0.5) is 0 Å². The fourth-order valence-corrected chi connectivity index (χ4v) is 1.07. The van der Waals surface area contributed by atoms with Crippen LogP contribution in [0, 0.1) is 0 Å². The Morgan fingerprint density at radius 1 is 1.50 bits per heavy atom. The molecule has 0 bridgehead atoms. The predicted octanol–water partition coefficient (Wildman–Crippen LogP) is 1.61. The molecule has 0 radical (unpaired) electrons. The van der Waals surface area contributed by atoms with Crippen LogP contribution < -0.4 is 5.32 Å². The van der Waals surface area contributed by atoms with Crippen LogP contribution in [0.3, 0.4) is 0 Å². The van der Waals surface area contributed by atoms with Crippen molar-refractivity contribution < 1.29 is 4.52 Å². The van der Waals surface area contributed by atoms with Gasteiger partial charge in [0, 0.05) is 5.56 Å². The van der Waals surface area contributed by atoms with Crippen molar-refractivity contribution in [2.24, 2.45) is 0 Å². The molecule has 3 heteroatoms. The van der Waals surface area contributed by atoms with Crippen molar-refractivity contribution in [3.8, 4) is 0 Å². The van der Waals surface area contributed by atoms with E-state index in [1.165, 1.54) is 12.0 Å². The van der Waals surface area contributed by atoms with E-state index in [4.69, 9.17) is 4.52 Å². The molecule has 68 valence electrons. The first-order valence-electron chi connectivity index (χ1n) is 4.52. The first-order chi connectivity index (χ1) is 5.93. The number of nitrogens with one attached hydrogen (secondary N) is 1. The Balaban J connectivity index is 1.96. The van der Waals surface area contributed by atoms with Crippen molar-refractivity contribution in [2.45, 2.75) is 26.2 Å². The number of aromatic nitrogens is 1. The van der Waals surface area contributed by atoms with Gasteiger partial charge >= 0.3 is 0 Å². The largest absolute Gasteiger partial charge is 0.364 e. The molecule has 1 heterocycles. The van der Waals surface area contributed by atoms with Gasteiger partial charge in [0.1, 0.15) is 6.26 Å². The zero-order chi connectivity index (χ0) is 8.65. The summed E-state index contributed by atoms with van der Waals surface area (Å²) in [5, 5.41) is 6.99. The number of hydrogen-bond donors (Lipinski definition) is 1. The number of nitrogens with zero attached hydrogens (tertiary/aromatic N) is 1. The lowest BCUT2D eigenvalue weighted by Gasteiger charge is -2.00. The van der Waals surface area contributed by atoms with E-state index in [2.05, 4.69) is 17.4 Å². The van der Waals surface area contributed by atoms with Crippen LogP contribution in [0.5, 0.6) is 0 Å². The Bertz CT molecular complexity index is 184. The smallest absolute Gasteiger partial charge is 0.126 e. The minimum absolute atomic E-state index is 1.06. The zero-order valence-electron chi connectivity index (χ0n) is 7.55. The standard InChI is InChI=1S/C9H16N2O/c1-2-5-10-6-3-4-9-7-11-12-8-9/h7-8,10H,2-6H2,1H3. The van der Waals surface area contributed by atoms with Gasteiger partial charge in [-0.15, -0.1) is 0 Å². The summed E-state index contributed by atoms with van der Waals surface area (Å²) in [6.45, 7) is 4.37. The van der Waals surface area contributed by atoms with E-state index >= 15 is 0 Å². The fraction of sp³-hybridized carbons (Fsp3) is 0.667. The van der Waals surface area contributed by atoms with Crippen LogP contribution in [0.25, 0.3) is 0 Å². The Hall–Kier alpha value is -0.830. The lowest BCUT2D eigenvalue weighted by atomic mass is 10.2. The molecule has 0 saturated heterocycles. The summed E-state index contributed by atoms with van der Waals surface area (Å²) < 4.78 is 4.72. The van der Waals surface area contributed by atoms with Crippen LogP contribution >= 0.6 is 0 Å². The first-order valence-corrected chi connectivity index (χ1v) is 4.52. The van der Waals surface area contributed by atoms with E-state index in [-0.39, 0.29) is 0 Å². The highest BCUT2D eigenvalue weighted by molar-refractivity contribution is 4.99. The van der Waals surface area contributed by atoms with Crippen LogP contribution in [0.15, 0.2) is 17.0 Å². The summed E-state index contributed by atoms with van der Waals surface area (Å²) in [5.74, 6) is 0. The van der Waals surface area contributed by atoms with Crippen molar-refractivity contribution in [1.29, 1.82) is 0 Å². The van der Waals surface area contributed by atoms with Gasteiger partial charge in [-0.2, -0.15) is 0 Å². The van der Waals surface area contributed by atoms with Gasteiger partial charge in [-0.25, -0.2) is 0 Å². The van der Waals surface area contributed by atoms with Crippen LogP contribution in [0.2, 0.25) is 0 Å². The van der Waals surface area contributed by atoms with Crippen LogP contribution in [-0.4, -0.2) is 18.2 Å². The normalized spacial score (nSPS) is 10.4. The molecule has 1 rings (SSSR count). The topological polar surface area (TPSA) is 38.1 Å². The van der Waals surface area contributed by atoms with Gasteiger partial charge in [-0.05, 0) is 32.4 Å². The second-order valence-electron chi connectivity index (χ2n) is 2.89. The highest BCUT2D eigenvalue weighted by atomic mass is 16.5. The third kappa shape index (κ3) is 3.53. The Labute approximate surface area is 73.1 Å². The van der Waals surface area contributed by atoms with Gasteiger partial charge in [0.2, 0.25) is 0 Å². The molecule has 1 aromatic heterocycles. The van der Waals surface area contributed by atoms with E-state index < -0.39 is 0 Å². The average Bonchev–Trinajstić information content (AvgIpc) is 2.57. The number of hydrogen-bond acceptors (Lipinski definition) is 3. The SMILES string of the molecule is CCCNCCCc1cnoc1. The van der Waals surface area contributed by atoms with Crippen molar-refractivity contribution in [3.05, 3.63) is 18.0 Å². The predicted molar refractivity (Wildman–Crippen MR) is 48.0 cm³/mol. The second-order valence-corrected chi connectivity index (χ2v) is 2.89. The van der Waals surface area contributed by atoms with Gasteiger partial charge < -0.3 is 9.84 Å². The van der Waals surface area contributed by atoms with Crippen molar-refractivity contribution in [2.75, 3.05) is 13.1 Å². The molecule has 0 saturated carbocycles. The third-order valence-corrected chi connectivity index (χ3v) is 1.73. The molecule has 0 aliphatic heterocycles. The van der Waals surface area contributed by atoms with Crippen molar-refractivity contribution >= 4 is 0 Å². The van der Waals surface area contributed by atoms with Crippen LogP contribution in [0.1, 0.15) is 25.3 Å². The molecule has 12 heavy (non-hydrogen) atoms. The van der Waals surface area contributed by atoms with Gasteiger partial charge in [0.05, 0.1) is 6.20 Å². The molecular formula is C9H16N2O. The summed E-state index contributed by atoms with van der Waals surface area (Å²) in [6.07, 6.45) is 6.90. The lowest BCUT2D eigenvalue weighted by molar-refractivity contribution is 0.418. The molecule has 1 N–H and O–H groups in total. The quantitative estimate of drug-likeness (QED) is 0.656. The molecule has 0 aromatic carbocycles. The van der Waals surface area contributed by atoms with E-state index in [0.717, 1.165) is 25.9 Å². The summed E-state index contributed by atoms with van der Waals surface area (Å²) in [4.78, 5) is 0. The molecule has 0 spiro atoms. The first kappa shape index (κ1) is 9.26. The number of aryl methyl sites for hydroxylation is 1. The molecule has 0 amide bonds. The maximum atomic E-state index is 4.72. The van der Waals surface area contributed by atoms with Crippen molar-refractivity contribution in [1.82, 2.24) is 10.5 Å². The van der Waals surface area contributed by atoms with Gasteiger partial charge in [-0.3, -0.25) is 0 Å². The minimum atomic E-state index is 1.06. The zero-order valence-corrected chi connectivity index (χ0v) is 7.55. The van der Waals surface area contributed by atoms with Gasteiger partial charge in [0.25, 0.3) is 0 Å². The van der Waals surface area contributed by atoms with E-state index in [1.807, 2.05) is 0 Å². The molecule has 0 aliphatic rings. The monoisotopic (exact) mass is 168 g/mol. The summed E-state index contributed by atoms with van der Waals surface area (Å²) in [7, 11) is 0. The van der Waals surface area contributed by atoms with Gasteiger partial charge in [0.15, 0.2) is 0 Å². The third-order valence-electron chi connectivity index (χ3n) is 1.73. The molecule has 3 nitrogen and oxygen atoms in total. The molecular weight excluding hydrogens is 152 g/mol.